The first-order chi connectivity index (χ1) is 10.5. The third kappa shape index (κ3) is 3.31. The highest BCUT2D eigenvalue weighted by atomic mass is 16.5. The lowest BCUT2D eigenvalue weighted by Crippen LogP contribution is -2.32. The zero-order valence-electron chi connectivity index (χ0n) is 11.3. The summed E-state index contributed by atoms with van der Waals surface area (Å²) in [5, 5.41) is 36.5. The molecular formula is C12H15N3O7. The Hall–Kier alpha value is -2.27. The van der Waals surface area contributed by atoms with E-state index in [1.807, 2.05) is 0 Å². The lowest BCUT2D eigenvalue weighted by Gasteiger charge is -2.18. The lowest BCUT2D eigenvalue weighted by atomic mass is 10.2. The van der Waals surface area contributed by atoms with Gasteiger partial charge < -0.3 is 20.1 Å². The van der Waals surface area contributed by atoms with Crippen LogP contribution in [0.1, 0.15) is 18.2 Å². The molecule has 0 bridgehead atoms. The van der Waals surface area contributed by atoms with Crippen molar-refractivity contribution in [3.05, 3.63) is 28.3 Å². The van der Waals surface area contributed by atoms with Gasteiger partial charge in [0.1, 0.15) is 6.10 Å². The first kappa shape index (κ1) is 16.1. The average Bonchev–Trinajstić information content (AvgIpc) is 2.86. The Morgan fingerprint density at radius 2 is 2.32 bits per heavy atom. The molecule has 0 aliphatic carbocycles. The first-order valence-corrected chi connectivity index (χ1v) is 6.35. The number of anilines is 1. The monoisotopic (exact) mass is 313 g/mol. The van der Waals surface area contributed by atoms with Crippen LogP contribution >= 0.6 is 0 Å². The zero-order valence-corrected chi connectivity index (χ0v) is 11.3. The second-order valence-corrected chi connectivity index (χ2v) is 4.65. The molecule has 10 nitrogen and oxygen atoms in total. The summed E-state index contributed by atoms with van der Waals surface area (Å²) >= 11 is 0. The van der Waals surface area contributed by atoms with Crippen LogP contribution in [-0.4, -0.2) is 54.9 Å². The Kier molecular flexibility index (Phi) is 4.88. The fraction of sp³-hybridized carbons (Fsp3) is 0.417. The minimum absolute atomic E-state index is 0.104. The van der Waals surface area contributed by atoms with Crippen LogP contribution in [0.2, 0.25) is 0 Å². The molecule has 0 saturated carbocycles. The van der Waals surface area contributed by atoms with Gasteiger partial charge in [0.05, 0.1) is 12.7 Å². The summed E-state index contributed by atoms with van der Waals surface area (Å²) in [6, 6.07) is 0. The normalized spacial score (nSPS) is 24.8. The highest BCUT2D eigenvalue weighted by Gasteiger charge is 2.35. The van der Waals surface area contributed by atoms with E-state index >= 15 is 0 Å². The summed E-state index contributed by atoms with van der Waals surface area (Å²) in [5.74, 6) is -1.45. The first-order valence-electron chi connectivity index (χ1n) is 6.35. The summed E-state index contributed by atoms with van der Waals surface area (Å²) in [6.45, 7) is -0.308. The smallest absolute Gasteiger partial charge is 0.351 e. The number of aliphatic hydroxyl groups is 2. The number of aliphatic carboxylic acids is 1. The molecule has 2 rings (SSSR count). The number of nitrogens with zero attached hydrogens (tertiary/aromatic N) is 2. The average molecular weight is 313 g/mol. The van der Waals surface area contributed by atoms with Gasteiger partial charge in [0.2, 0.25) is 0 Å². The van der Waals surface area contributed by atoms with Crippen LogP contribution in [-0.2, 0) is 9.53 Å². The van der Waals surface area contributed by atoms with E-state index in [1.54, 1.807) is 5.48 Å². The number of carboxylic acids is 1. The van der Waals surface area contributed by atoms with Crippen molar-refractivity contribution in [3.8, 4) is 0 Å². The quantitative estimate of drug-likeness (QED) is 0.332. The van der Waals surface area contributed by atoms with Gasteiger partial charge in [-0.15, -0.1) is 0 Å². The van der Waals surface area contributed by atoms with Crippen molar-refractivity contribution in [1.82, 2.24) is 9.55 Å². The molecule has 22 heavy (non-hydrogen) atoms. The van der Waals surface area contributed by atoms with Crippen LogP contribution < -0.4 is 11.2 Å². The second kappa shape index (κ2) is 6.66. The van der Waals surface area contributed by atoms with Crippen molar-refractivity contribution < 1.29 is 30.1 Å². The predicted octanol–water partition coefficient (Wildman–Crippen LogP) is -1.22. The summed E-state index contributed by atoms with van der Waals surface area (Å²) < 4.78 is 6.32. The molecule has 2 heterocycles. The maximum absolute atomic E-state index is 11.9. The van der Waals surface area contributed by atoms with Gasteiger partial charge in [-0.1, -0.05) is 0 Å². The maximum atomic E-state index is 11.9. The van der Waals surface area contributed by atoms with Gasteiger partial charge in [0, 0.05) is 24.3 Å². The van der Waals surface area contributed by atoms with Gasteiger partial charge in [0.25, 0.3) is 0 Å². The topological polar surface area (TPSA) is 154 Å². The molecular weight excluding hydrogens is 298 g/mol. The number of hydrogen-bond donors (Lipinski definition) is 5. The summed E-state index contributed by atoms with van der Waals surface area (Å²) in [4.78, 5) is 26.0. The molecule has 1 aliphatic heterocycles. The number of aliphatic hydroxyl groups excluding tert-OH is 2. The summed E-state index contributed by atoms with van der Waals surface area (Å²) in [5.41, 5.74) is 0.988. The highest BCUT2D eigenvalue weighted by Crippen LogP contribution is 2.28. The fourth-order valence-corrected chi connectivity index (χ4v) is 2.14. The Bertz CT molecular complexity index is 642. The van der Waals surface area contributed by atoms with Gasteiger partial charge in [0.15, 0.2) is 12.0 Å². The van der Waals surface area contributed by atoms with Crippen molar-refractivity contribution in [2.45, 2.75) is 24.9 Å². The Morgan fingerprint density at radius 1 is 1.59 bits per heavy atom. The van der Waals surface area contributed by atoms with E-state index < -0.39 is 30.1 Å². The molecule has 0 spiro atoms. The Morgan fingerprint density at radius 3 is 2.86 bits per heavy atom. The predicted molar refractivity (Wildman–Crippen MR) is 72.2 cm³/mol. The van der Waals surface area contributed by atoms with Crippen LogP contribution in [0.15, 0.2) is 17.1 Å². The second-order valence-electron chi connectivity index (χ2n) is 4.65. The highest BCUT2D eigenvalue weighted by molar-refractivity contribution is 5.86. The molecule has 3 atom stereocenters. The van der Waals surface area contributed by atoms with E-state index in [2.05, 4.69) is 4.98 Å². The fourth-order valence-electron chi connectivity index (χ4n) is 2.14. The minimum Gasteiger partial charge on any atom is -0.478 e. The van der Waals surface area contributed by atoms with E-state index in [1.165, 1.54) is 6.20 Å². The van der Waals surface area contributed by atoms with Gasteiger partial charge in [-0.05, 0) is 6.08 Å². The van der Waals surface area contributed by atoms with E-state index in [0.717, 1.165) is 16.7 Å². The molecule has 1 aromatic heterocycles. The lowest BCUT2D eigenvalue weighted by molar-refractivity contribution is -0.131. The third-order valence-corrected chi connectivity index (χ3v) is 3.13. The largest absolute Gasteiger partial charge is 0.478 e. The number of carbonyl (C=O) groups is 1. The van der Waals surface area contributed by atoms with Crippen LogP contribution in [0.3, 0.4) is 0 Å². The molecule has 10 heteroatoms. The molecule has 0 amide bonds. The van der Waals surface area contributed by atoms with E-state index in [4.69, 9.17) is 20.2 Å². The maximum Gasteiger partial charge on any atom is 0.351 e. The van der Waals surface area contributed by atoms with Gasteiger partial charge in [-0.25, -0.2) is 9.59 Å². The van der Waals surface area contributed by atoms with Crippen LogP contribution in [0, 0.1) is 0 Å². The number of hydrogen-bond acceptors (Lipinski definition) is 8. The number of ether oxygens (including phenoxy) is 1. The van der Waals surface area contributed by atoms with Crippen molar-refractivity contribution >= 4 is 17.9 Å². The molecule has 5 N–H and O–H groups in total. The third-order valence-electron chi connectivity index (χ3n) is 3.13. The van der Waals surface area contributed by atoms with Crippen LogP contribution in [0.25, 0.3) is 6.08 Å². The molecule has 1 unspecified atom stereocenters. The number of carboxylic acid groups (broad SMARTS) is 1. The van der Waals surface area contributed by atoms with E-state index in [0.29, 0.717) is 0 Å². The standard InChI is InChI=1S/C12H15N3O7/c16-5-7-3-8(17)11(22-7)15-4-6(1-2-9(18)19)10(14-21)13-12(15)20/h1-2,4,7-8,11,16-17,21H,3,5H2,(H,18,19)(H,13,14,20)/t7-,8?,11+/m0/s1. The number of aromatic nitrogens is 2. The van der Waals surface area contributed by atoms with Gasteiger partial charge in [-0.2, -0.15) is 4.98 Å². The van der Waals surface area contributed by atoms with Crippen LogP contribution in [0.4, 0.5) is 5.82 Å². The Labute approximate surface area is 123 Å². The van der Waals surface area contributed by atoms with E-state index in [-0.39, 0.29) is 24.4 Å². The van der Waals surface area contributed by atoms with Crippen LogP contribution in [0.5, 0.6) is 0 Å². The molecule has 0 radical (unpaired) electrons. The summed E-state index contributed by atoms with van der Waals surface area (Å²) in [6.07, 6.45) is 0.571. The number of nitrogens with one attached hydrogen (secondary N) is 1. The summed E-state index contributed by atoms with van der Waals surface area (Å²) in [7, 11) is 0. The molecule has 1 saturated heterocycles. The molecule has 0 aromatic carbocycles. The van der Waals surface area contributed by atoms with Crippen molar-refractivity contribution in [2.75, 3.05) is 12.1 Å². The molecule has 120 valence electrons. The molecule has 1 aliphatic rings. The minimum atomic E-state index is -1.22. The zero-order chi connectivity index (χ0) is 16.3. The molecule has 1 aromatic rings. The van der Waals surface area contributed by atoms with Gasteiger partial charge in [-0.3, -0.25) is 15.3 Å². The van der Waals surface area contributed by atoms with Crippen molar-refractivity contribution in [1.29, 1.82) is 0 Å². The van der Waals surface area contributed by atoms with Crippen molar-refractivity contribution in [2.24, 2.45) is 0 Å². The van der Waals surface area contributed by atoms with Gasteiger partial charge >= 0.3 is 11.7 Å². The Balaban J connectivity index is 2.42. The van der Waals surface area contributed by atoms with Crippen molar-refractivity contribution in [3.63, 3.8) is 0 Å². The van der Waals surface area contributed by atoms with E-state index in [9.17, 15) is 14.7 Å². The number of rotatable bonds is 5. The molecule has 1 fully saturated rings. The SMILES string of the molecule is O=C(O)C=Cc1cn([C@@H]2O[C@H](CO)CC2O)c(=O)nc1NO.